The van der Waals surface area contributed by atoms with E-state index in [9.17, 15) is 13.2 Å². The number of amidine groups is 1. The van der Waals surface area contributed by atoms with E-state index in [1.54, 1.807) is 35.9 Å². The van der Waals surface area contributed by atoms with Gasteiger partial charge in [-0.25, -0.2) is 28.1 Å². The number of aromatic nitrogens is 3. The third kappa shape index (κ3) is 5.58. The number of nitrogens with zero attached hydrogens (tertiary/aromatic N) is 4. The fourth-order valence-electron chi connectivity index (χ4n) is 3.23. The van der Waals surface area contributed by atoms with Crippen molar-refractivity contribution in [2.75, 3.05) is 5.73 Å². The molecule has 0 aliphatic heterocycles. The van der Waals surface area contributed by atoms with Crippen molar-refractivity contribution in [2.24, 2.45) is 10.7 Å². The summed E-state index contributed by atoms with van der Waals surface area (Å²) in [6.07, 6.45) is 6.61. The highest BCUT2D eigenvalue weighted by Gasteiger charge is 2.17. The van der Waals surface area contributed by atoms with Crippen molar-refractivity contribution in [3.05, 3.63) is 83.6 Å². The van der Waals surface area contributed by atoms with E-state index in [0.717, 1.165) is 36.8 Å². The van der Waals surface area contributed by atoms with Crippen LogP contribution in [-0.4, -0.2) is 32.9 Å². The highest BCUT2D eigenvalue weighted by atomic mass is 19.1. The number of nitrogen functional groups attached to an aromatic ring is 1. The molecule has 2 heterocycles. The first-order valence-electron chi connectivity index (χ1n) is 10.1. The lowest BCUT2D eigenvalue weighted by atomic mass is 10.0. The van der Waals surface area contributed by atoms with Gasteiger partial charge in [0.25, 0.3) is 0 Å². The number of nitrogens with two attached hydrogens (primary N) is 2. The average Bonchev–Trinajstić information content (AvgIpc) is 3.16. The number of hydrogen-bond donors (Lipinski definition) is 4. The average molecular weight is 478 g/mol. The van der Waals surface area contributed by atoms with Crippen LogP contribution in [0.2, 0.25) is 0 Å². The standard InChI is InChI=1S/C18H17FN8.C6H4F2/c1-10-26-16-13(17(22)25-9-21)7-11(8-14(16)27(10)6-2-4-20)12-3-5-24-18(23)15(12)19;7-5-1-2-6(8)4-3-5/h2-9,20H,1H3,(H2,23,24)(H3,21,22,25);1-4H/b6-2+,20-4?;. The van der Waals surface area contributed by atoms with Crippen LogP contribution >= 0.6 is 0 Å². The number of nitrogens with one attached hydrogen (secondary N) is 2. The maximum atomic E-state index is 14.5. The Balaban J connectivity index is 0.000000363. The summed E-state index contributed by atoms with van der Waals surface area (Å²) >= 11 is 0. The quantitative estimate of drug-likeness (QED) is 0.247. The summed E-state index contributed by atoms with van der Waals surface area (Å²) in [5, 5.41) is 14.4. The number of rotatable bonds is 5. The van der Waals surface area contributed by atoms with Gasteiger partial charge in [-0.1, -0.05) is 0 Å². The lowest BCUT2D eigenvalue weighted by molar-refractivity contribution is 0.600. The van der Waals surface area contributed by atoms with Gasteiger partial charge in [0.15, 0.2) is 11.6 Å². The molecule has 0 spiro atoms. The molecule has 6 N–H and O–H groups in total. The predicted molar refractivity (Wildman–Crippen MR) is 132 cm³/mol. The molecular formula is C24H21F3N8. The van der Waals surface area contributed by atoms with Crippen LogP contribution in [0.5, 0.6) is 0 Å². The number of anilines is 1. The summed E-state index contributed by atoms with van der Waals surface area (Å²) in [6.45, 7) is 1.80. The Bertz CT molecular complexity index is 1420. The molecule has 0 radical (unpaired) electrons. The van der Waals surface area contributed by atoms with Gasteiger partial charge in [0, 0.05) is 29.7 Å². The zero-order chi connectivity index (χ0) is 25.5. The maximum Gasteiger partial charge on any atom is 0.173 e. The van der Waals surface area contributed by atoms with Crippen LogP contribution in [0.4, 0.5) is 19.0 Å². The minimum atomic E-state index is -0.636. The fraction of sp³-hybridized carbons (Fsp3) is 0.0417. The Labute approximate surface area is 198 Å². The van der Waals surface area contributed by atoms with Gasteiger partial charge in [-0.3, -0.25) is 5.41 Å². The van der Waals surface area contributed by atoms with Gasteiger partial charge in [-0.05, 0) is 61.0 Å². The second-order valence-corrected chi connectivity index (χ2v) is 7.07. The molecule has 2 aromatic carbocycles. The van der Waals surface area contributed by atoms with Crippen molar-refractivity contribution >= 4 is 41.4 Å². The van der Waals surface area contributed by atoms with Crippen molar-refractivity contribution in [2.45, 2.75) is 6.92 Å². The molecule has 0 atom stereocenters. The topological polar surface area (TPSA) is 143 Å². The number of benzene rings is 2. The van der Waals surface area contributed by atoms with Crippen molar-refractivity contribution in [3.8, 4) is 11.1 Å². The number of aryl methyl sites for hydroxylation is 1. The van der Waals surface area contributed by atoms with Gasteiger partial charge < -0.3 is 21.4 Å². The molecule has 8 nitrogen and oxygen atoms in total. The second-order valence-electron chi connectivity index (χ2n) is 7.07. The van der Waals surface area contributed by atoms with Crippen LogP contribution in [0.15, 0.2) is 59.7 Å². The number of halogens is 3. The highest BCUT2D eigenvalue weighted by Crippen LogP contribution is 2.31. The monoisotopic (exact) mass is 478 g/mol. The minimum Gasteiger partial charge on any atom is -0.383 e. The Hall–Kier alpha value is -4.80. The number of fused-ring (bicyclic) bond motifs is 1. The highest BCUT2D eigenvalue weighted by molar-refractivity contribution is 6.11. The third-order valence-corrected chi connectivity index (χ3v) is 4.81. The molecule has 0 aliphatic rings. The molecule has 0 aliphatic carbocycles. The molecule has 2 aromatic heterocycles. The molecule has 11 heteroatoms. The van der Waals surface area contributed by atoms with Crippen molar-refractivity contribution in [3.63, 3.8) is 0 Å². The van der Waals surface area contributed by atoms with Crippen molar-refractivity contribution in [1.29, 1.82) is 10.8 Å². The van der Waals surface area contributed by atoms with Crippen molar-refractivity contribution < 1.29 is 13.2 Å². The lowest BCUT2D eigenvalue weighted by Gasteiger charge is -2.09. The van der Waals surface area contributed by atoms with E-state index >= 15 is 0 Å². The molecule has 4 aromatic rings. The van der Waals surface area contributed by atoms with Gasteiger partial charge in [-0.15, -0.1) is 0 Å². The zero-order valence-electron chi connectivity index (χ0n) is 18.5. The molecule has 35 heavy (non-hydrogen) atoms. The fourth-order valence-corrected chi connectivity index (χ4v) is 3.23. The van der Waals surface area contributed by atoms with Crippen LogP contribution in [0.3, 0.4) is 0 Å². The first-order valence-corrected chi connectivity index (χ1v) is 10.1. The molecule has 0 saturated carbocycles. The van der Waals surface area contributed by atoms with Gasteiger partial charge in [0.05, 0.1) is 5.52 Å². The normalized spacial score (nSPS) is 11.4. The Morgan fingerprint density at radius 3 is 2.31 bits per heavy atom. The van der Waals surface area contributed by atoms with Crippen LogP contribution < -0.4 is 11.5 Å². The van der Waals surface area contributed by atoms with Gasteiger partial charge in [0.1, 0.15) is 35.1 Å². The molecule has 0 amide bonds. The summed E-state index contributed by atoms with van der Waals surface area (Å²) in [4.78, 5) is 12.1. The summed E-state index contributed by atoms with van der Waals surface area (Å²) in [5.41, 5.74) is 14.0. The van der Waals surface area contributed by atoms with Crippen LogP contribution in [0.25, 0.3) is 28.4 Å². The smallest absolute Gasteiger partial charge is 0.173 e. The number of pyridine rings is 1. The van der Waals surface area contributed by atoms with Gasteiger partial charge in [-0.2, -0.15) is 0 Å². The Kier molecular flexibility index (Phi) is 7.72. The maximum absolute atomic E-state index is 14.5. The molecule has 0 bridgehead atoms. The molecule has 0 saturated heterocycles. The second kappa shape index (κ2) is 10.9. The number of hydrogen-bond acceptors (Lipinski definition) is 5. The van der Waals surface area contributed by atoms with E-state index in [4.69, 9.17) is 22.3 Å². The molecule has 0 fully saturated rings. The number of aliphatic imine (C=N–C) groups is 1. The van der Waals surface area contributed by atoms with E-state index in [0.29, 0.717) is 28.0 Å². The molecular weight excluding hydrogens is 457 g/mol. The Morgan fingerprint density at radius 2 is 1.71 bits per heavy atom. The lowest BCUT2D eigenvalue weighted by Crippen LogP contribution is -2.14. The number of imidazole rings is 1. The van der Waals surface area contributed by atoms with E-state index < -0.39 is 17.5 Å². The largest absolute Gasteiger partial charge is 0.383 e. The molecule has 178 valence electrons. The van der Waals surface area contributed by atoms with E-state index in [2.05, 4.69) is 15.0 Å². The van der Waals surface area contributed by atoms with Gasteiger partial charge >= 0.3 is 0 Å². The summed E-state index contributed by atoms with van der Waals surface area (Å²) in [5.74, 6) is -0.927. The van der Waals surface area contributed by atoms with Gasteiger partial charge in [0.2, 0.25) is 0 Å². The van der Waals surface area contributed by atoms with E-state index in [1.165, 1.54) is 12.3 Å². The Morgan fingerprint density at radius 1 is 1.06 bits per heavy atom. The minimum absolute atomic E-state index is 0.0833. The molecule has 4 rings (SSSR count). The predicted octanol–water partition coefficient (Wildman–Crippen LogP) is 4.53. The van der Waals surface area contributed by atoms with E-state index in [-0.39, 0.29) is 17.2 Å². The SMILES string of the molecule is Cc1nc2c(C(N)=NC=N)cc(-c3ccnc(N)c3F)cc2n1/C=C/C=N.Fc1ccc(F)cc1. The number of allylic oxidation sites excluding steroid dienone is 1. The first-order chi connectivity index (χ1) is 16.8. The third-order valence-electron chi connectivity index (χ3n) is 4.81. The van der Waals surface area contributed by atoms with Crippen LogP contribution in [0, 0.1) is 35.2 Å². The summed E-state index contributed by atoms with van der Waals surface area (Å²) in [7, 11) is 0. The van der Waals surface area contributed by atoms with Crippen molar-refractivity contribution in [1.82, 2.24) is 14.5 Å². The first kappa shape index (κ1) is 24.8. The molecule has 0 unspecified atom stereocenters. The van der Waals surface area contributed by atoms with Crippen LogP contribution in [-0.2, 0) is 0 Å². The van der Waals surface area contributed by atoms with Crippen LogP contribution in [0.1, 0.15) is 11.4 Å². The summed E-state index contributed by atoms with van der Waals surface area (Å²) in [6, 6.07) is 9.24. The zero-order valence-corrected chi connectivity index (χ0v) is 18.5. The van der Waals surface area contributed by atoms with E-state index in [1.807, 2.05) is 0 Å². The summed E-state index contributed by atoms with van der Waals surface area (Å²) < 4.78 is 40.1.